The van der Waals surface area contributed by atoms with E-state index in [-0.39, 0.29) is 5.91 Å². The van der Waals surface area contributed by atoms with Crippen molar-refractivity contribution in [1.29, 1.82) is 0 Å². The van der Waals surface area contributed by atoms with Crippen LogP contribution in [0.5, 0.6) is 0 Å². The van der Waals surface area contributed by atoms with Crippen LogP contribution in [0, 0.1) is 0 Å². The third-order valence-electron chi connectivity index (χ3n) is 2.50. The third kappa shape index (κ3) is 3.32. The molecule has 86 valence electrons. The van der Waals surface area contributed by atoms with Gasteiger partial charge in [-0.1, -0.05) is 30.3 Å². The van der Waals surface area contributed by atoms with E-state index in [1.54, 1.807) is 0 Å². The second-order valence-corrected chi connectivity index (χ2v) is 3.80. The van der Waals surface area contributed by atoms with Crippen molar-refractivity contribution in [3.63, 3.8) is 0 Å². The summed E-state index contributed by atoms with van der Waals surface area (Å²) < 4.78 is 5.21. The van der Waals surface area contributed by atoms with Crippen molar-refractivity contribution in [2.24, 2.45) is 0 Å². The number of hydrogen-bond donors (Lipinski definition) is 1. The lowest BCUT2D eigenvalue weighted by Crippen LogP contribution is -2.48. The summed E-state index contributed by atoms with van der Waals surface area (Å²) >= 11 is 0. The maximum Gasteiger partial charge on any atom is 0.238 e. The Morgan fingerprint density at radius 2 is 1.94 bits per heavy atom. The Morgan fingerprint density at radius 1 is 1.25 bits per heavy atom. The molecule has 0 spiro atoms. The van der Waals surface area contributed by atoms with Gasteiger partial charge in [0, 0.05) is 13.1 Å². The van der Waals surface area contributed by atoms with E-state index in [0.29, 0.717) is 19.6 Å². The average molecular weight is 220 g/mol. The summed E-state index contributed by atoms with van der Waals surface area (Å²) in [6.07, 6.45) is 0.429. The van der Waals surface area contributed by atoms with Crippen molar-refractivity contribution in [3.8, 4) is 0 Å². The summed E-state index contributed by atoms with van der Waals surface area (Å²) in [5.74, 6) is 0.0353. The molecule has 1 heterocycles. The first-order chi connectivity index (χ1) is 7.84. The fourth-order valence-corrected chi connectivity index (χ4v) is 1.67. The molecule has 2 rings (SSSR count). The summed E-state index contributed by atoms with van der Waals surface area (Å²) in [5.41, 5.74) is 3.92. The molecule has 0 aliphatic carbocycles. The molecular weight excluding hydrogens is 204 g/mol. The number of nitrogens with one attached hydrogen (secondary N) is 1. The van der Waals surface area contributed by atoms with E-state index in [0.717, 1.165) is 18.7 Å². The molecule has 4 nitrogen and oxygen atoms in total. The van der Waals surface area contributed by atoms with Crippen molar-refractivity contribution >= 4 is 5.91 Å². The fraction of sp³-hybridized carbons (Fsp3) is 0.417. The lowest BCUT2D eigenvalue weighted by molar-refractivity contribution is -0.127. The molecule has 1 aliphatic heterocycles. The van der Waals surface area contributed by atoms with Gasteiger partial charge in [-0.05, 0) is 5.56 Å². The molecule has 1 aromatic rings. The number of carbonyl (C=O) groups excluding carboxylic acids is 1. The Hall–Kier alpha value is -1.39. The Kier molecular flexibility index (Phi) is 3.91. The van der Waals surface area contributed by atoms with Crippen molar-refractivity contribution < 1.29 is 9.53 Å². The molecule has 0 saturated carbocycles. The normalized spacial score (nSPS) is 17.0. The van der Waals surface area contributed by atoms with Gasteiger partial charge in [0.25, 0.3) is 0 Å². The quantitative estimate of drug-likeness (QED) is 0.810. The molecule has 0 aromatic heterocycles. The third-order valence-corrected chi connectivity index (χ3v) is 2.50. The lowest BCUT2D eigenvalue weighted by Gasteiger charge is -2.26. The van der Waals surface area contributed by atoms with E-state index < -0.39 is 0 Å². The van der Waals surface area contributed by atoms with Crippen LogP contribution in [-0.2, 0) is 16.0 Å². The van der Waals surface area contributed by atoms with E-state index in [1.165, 1.54) is 0 Å². The van der Waals surface area contributed by atoms with Crippen molar-refractivity contribution in [1.82, 2.24) is 10.4 Å². The van der Waals surface area contributed by atoms with Crippen LogP contribution < -0.4 is 5.43 Å². The van der Waals surface area contributed by atoms with E-state index in [1.807, 2.05) is 35.3 Å². The van der Waals surface area contributed by atoms with Gasteiger partial charge in [-0.2, -0.15) is 0 Å². The van der Waals surface area contributed by atoms with Crippen LogP contribution >= 0.6 is 0 Å². The summed E-state index contributed by atoms with van der Waals surface area (Å²) in [5, 5.41) is 1.91. The fourth-order valence-electron chi connectivity index (χ4n) is 1.67. The van der Waals surface area contributed by atoms with Gasteiger partial charge in [-0.25, -0.2) is 5.01 Å². The molecule has 1 aromatic carbocycles. The predicted octanol–water partition coefficient (Wildman–Crippen LogP) is 0.592. The number of nitrogens with zero attached hydrogens (tertiary/aromatic N) is 1. The first-order valence-corrected chi connectivity index (χ1v) is 5.51. The van der Waals surface area contributed by atoms with Crippen LogP contribution in [0.3, 0.4) is 0 Å². The molecule has 1 N–H and O–H groups in total. The average Bonchev–Trinajstić information content (AvgIpc) is 2.31. The molecule has 0 radical (unpaired) electrons. The molecule has 0 unspecified atom stereocenters. The number of morpholine rings is 1. The zero-order chi connectivity index (χ0) is 11.2. The largest absolute Gasteiger partial charge is 0.379 e. The maximum atomic E-state index is 11.7. The van der Waals surface area contributed by atoms with Gasteiger partial charge in [-0.15, -0.1) is 0 Å². The first-order valence-electron chi connectivity index (χ1n) is 5.51. The van der Waals surface area contributed by atoms with Crippen LogP contribution in [0.2, 0.25) is 0 Å². The molecule has 1 aliphatic rings. The van der Waals surface area contributed by atoms with E-state index >= 15 is 0 Å². The molecule has 4 heteroatoms. The van der Waals surface area contributed by atoms with Crippen LogP contribution in [0.15, 0.2) is 30.3 Å². The van der Waals surface area contributed by atoms with Crippen LogP contribution in [0.25, 0.3) is 0 Å². The summed E-state index contributed by atoms with van der Waals surface area (Å²) in [6, 6.07) is 9.75. The smallest absolute Gasteiger partial charge is 0.238 e. The molecule has 16 heavy (non-hydrogen) atoms. The standard InChI is InChI=1S/C12H16N2O2/c15-12(10-11-4-2-1-3-5-11)13-14-6-8-16-9-7-14/h1-5H,6-10H2,(H,13,15). The van der Waals surface area contributed by atoms with Gasteiger partial charge in [0.05, 0.1) is 19.6 Å². The van der Waals surface area contributed by atoms with Crippen molar-refractivity contribution in [2.45, 2.75) is 6.42 Å². The zero-order valence-electron chi connectivity index (χ0n) is 9.19. The topological polar surface area (TPSA) is 41.6 Å². The molecule has 1 fully saturated rings. The monoisotopic (exact) mass is 220 g/mol. The highest BCUT2D eigenvalue weighted by molar-refractivity contribution is 5.78. The molecule has 1 amide bonds. The highest BCUT2D eigenvalue weighted by Crippen LogP contribution is 2.00. The van der Waals surface area contributed by atoms with Gasteiger partial charge in [-0.3, -0.25) is 10.2 Å². The van der Waals surface area contributed by atoms with E-state index in [4.69, 9.17) is 4.74 Å². The second kappa shape index (κ2) is 5.63. The van der Waals surface area contributed by atoms with E-state index in [9.17, 15) is 4.79 Å². The molecule has 1 saturated heterocycles. The number of amides is 1. The Morgan fingerprint density at radius 3 is 2.62 bits per heavy atom. The van der Waals surface area contributed by atoms with Gasteiger partial charge >= 0.3 is 0 Å². The Labute approximate surface area is 95.2 Å². The first kappa shape index (κ1) is 11.1. The van der Waals surface area contributed by atoms with Gasteiger partial charge in [0.15, 0.2) is 0 Å². The lowest BCUT2D eigenvalue weighted by atomic mass is 10.1. The minimum atomic E-state index is 0.0353. The number of hydrazine groups is 1. The summed E-state index contributed by atoms with van der Waals surface area (Å²) in [6.45, 7) is 2.90. The SMILES string of the molecule is O=C(Cc1ccccc1)NN1CCOCC1. The molecule has 0 atom stereocenters. The maximum absolute atomic E-state index is 11.7. The predicted molar refractivity (Wildman–Crippen MR) is 60.7 cm³/mol. The highest BCUT2D eigenvalue weighted by Gasteiger charge is 2.12. The number of rotatable bonds is 3. The summed E-state index contributed by atoms with van der Waals surface area (Å²) in [7, 11) is 0. The Bertz CT molecular complexity index is 334. The minimum Gasteiger partial charge on any atom is -0.379 e. The van der Waals surface area contributed by atoms with Gasteiger partial charge in [0.1, 0.15) is 0 Å². The minimum absolute atomic E-state index is 0.0353. The zero-order valence-corrected chi connectivity index (χ0v) is 9.19. The summed E-state index contributed by atoms with van der Waals surface area (Å²) in [4.78, 5) is 11.7. The molecular formula is C12H16N2O2. The highest BCUT2D eigenvalue weighted by atomic mass is 16.5. The number of ether oxygens (including phenoxy) is 1. The molecule has 0 bridgehead atoms. The van der Waals surface area contributed by atoms with Crippen LogP contribution in [0.1, 0.15) is 5.56 Å². The number of carbonyl (C=O) groups is 1. The number of benzene rings is 1. The van der Waals surface area contributed by atoms with Crippen molar-refractivity contribution in [3.05, 3.63) is 35.9 Å². The van der Waals surface area contributed by atoms with Gasteiger partial charge < -0.3 is 4.74 Å². The van der Waals surface area contributed by atoms with Crippen LogP contribution in [0.4, 0.5) is 0 Å². The Balaban J connectivity index is 1.80. The van der Waals surface area contributed by atoms with Gasteiger partial charge in [0.2, 0.25) is 5.91 Å². The van der Waals surface area contributed by atoms with E-state index in [2.05, 4.69) is 5.43 Å². The van der Waals surface area contributed by atoms with Crippen molar-refractivity contribution in [2.75, 3.05) is 26.3 Å². The number of hydrogen-bond acceptors (Lipinski definition) is 3. The second-order valence-electron chi connectivity index (χ2n) is 3.80. The van der Waals surface area contributed by atoms with Crippen LogP contribution in [-0.4, -0.2) is 37.2 Å².